The quantitative estimate of drug-likeness (QED) is 0.161. The van der Waals surface area contributed by atoms with Crippen LogP contribution in [0.2, 0.25) is 0 Å². The van der Waals surface area contributed by atoms with Gasteiger partial charge in [-0.25, -0.2) is 8.42 Å². The fourth-order valence-electron chi connectivity index (χ4n) is 4.85. The summed E-state index contributed by atoms with van der Waals surface area (Å²) in [6, 6.07) is 38.0. The second-order valence-corrected chi connectivity index (χ2v) is 13.4. The molecule has 0 aliphatic heterocycles. The molecule has 0 aliphatic rings. The van der Waals surface area contributed by atoms with Gasteiger partial charge in [0.1, 0.15) is 44.3 Å². The van der Waals surface area contributed by atoms with Crippen LogP contribution in [0, 0.1) is 0 Å². The van der Waals surface area contributed by atoms with Crippen molar-refractivity contribution in [3.8, 4) is 56.8 Å². The zero-order chi connectivity index (χ0) is 31.6. The molecular weight excluding hydrogens is 720 g/mol. The largest absolute Gasteiger partial charge is 0.506 e. The van der Waals surface area contributed by atoms with Crippen LogP contribution in [0.5, 0.6) is 34.5 Å². The molecule has 9 heteroatoms. The first-order chi connectivity index (χ1) is 21.8. The molecule has 224 valence electrons. The first-order valence-electron chi connectivity index (χ1n) is 13.7. The lowest BCUT2D eigenvalue weighted by Gasteiger charge is -2.20. The lowest BCUT2D eigenvalue weighted by atomic mass is 10.0. The average Bonchev–Trinajstić information content (AvgIpc) is 3.05. The summed E-state index contributed by atoms with van der Waals surface area (Å²) in [5, 5.41) is 23.3. The van der Waals surface area contributed by atoms with Crippen molar-refractivity contribution in [1.82, 2.24) is 0 Å². The Bertz CT molecular complexity index is 1940. The van der Waals surface area contributed by atoms with E-state index in [0.717, 1.165) is 0 Å². The van der Waals surface area contributed by atoms with Crippen LogP contribution in [0.3, 0.4) is 0 Å². The van der Waals surface area contributed by atoms with Crippen molar-refractivity contribution in [3.05, 3.63) is 142 Å². The van der Waals surface area contributed by atoms with Crippen LogP contribution in [0.15, 0.2) is 152 Å². The highest BCUT2D eigenvalue weighted by Crippen LogP contribution is 2.52. The van der Waals surface area contributed by atoms with E-state index in [2.05, 4.69) is 31.9 Å². The van der Waals surface area contributed by atoms with Gasteiger partial charge in [-0.05, 0) is 67.3 Å². The number of rotatable bonds is 8. The summed E-state index contributed by atoms with van der Waals surface area (Å²) in [6.07, 6.45) is 0. The minimum absolute atomic E-state index is 0.150. The molecule has 0 aliphatic carbocycles. The fourth-order valence-corrected chi connectivity index (χ4v) is 7.55. The number of phenolic OH excluding ortho intramolecular Hbond substituents is 2. The van der Waals surface area contributed by atoms with Crippen molar-refractivity contribution in [3.63, 3.8) is 0 Å². The Kier molecular flexibility index (Phi) is 8.67. The predicted molar refractivity (Wildman–Crippen MR) is 181 cm³/mol. The van der Waals surface area contributed by atoms with Gasteiger partial charge in [-0.3, -0.25) is 0 Å². The molecule has 0 unspecified atom stereocenters. The molecule has 0 saturated carbocycles. The molecule has 0 aromatic heterocycles. The third kappa shape index (κ3) is 6.07. The molecule has 0 saturated heterocycles. The van der Waals surface area contributed by atoms with Crippen LogP contribution in [-0.4, -0.2) is 18.6 Å². The molecule has 2 N–H and O–H groups in total. The number of hydrogen-bond acceptors (Lipinski definition) is 6. The zero-order valence-electron chi connectivity index (χ0n) is 23.4. The van der Waals surface area contributed by atoms with E-state index in [-0.39, 0.29) is 22.6 Å². The Morgan fingerprint density at radius 1 is 0.489 bits per heavy atom. The van der Waals surface area contributed by atoms with Crippen molar-refractivity contribution in [2.75, 3.05) is 0 Å². The minimum Gasteiger partial charge on any atom is -0.506 e. The van der Waals surface area contributed by atoms with Gasteiger partial charge in [-0.15, -0.1) is 0 Å². The van der Waals surface area contributed by atoms with E-state index in [1.54, 1.807) is 97.1 Å². The van der Waals surface area contributed by atoms with Gasteiger partial charge in [0.05, 0.1) is 8.95 Å². The number of halogens is 2. The van der Waals surface area contributed by atoms with Crippen molar-refractivity contribution >= 4 is 41.7 Å². The normalized spacial score (nSPS) is 11.2. The van der Waals surface area contributed by atoms with Gasteiger partial charge in [0.2, 0.25) is 9.84 Å². The Balaban J connectivity index is 1.61. The van der Waals surface area contributed by atoms with Gasteiger partial charge < -0.3 is 19.7 Å². The van der Waals surface area contributed by atoms with Gasteiger partial charge in [-0.2, -0.15) is 0 Å². The van der Waals surface area contributed by atoms with Gasteiger partial charge >= 0.3 is 0 Å². The Morgan fingerprint density at radius 3 is 1.13 bits per heavy atom. The summed E-state index contributed by atoms with van der Waals surface area (Å²) < 4.78 is 42.2. The fraction of sp³-hybridized carbons (Fsp3) is 0. The van der Waals surface area contributed by atoms with Crippen LogP contribution in [0.25, 0.3) is 22.3 Å². The Morgan fingerprint density at radius 2 is 0.800 bits per heavy atom. The maximum atomic E-state index is 14.6. The number of ether oxygens (including phenoxy) is 2. The molecule has 0 bridgehead atoms. The standard InChI is InChI=1S/C36H24Br2O6S/c37-33-27(43-25-17-9-3-10-18-25)21-29(35(39)31(33)23-13-5-1-6-14-23)45(41,42)30-22-28(44-26-19-11-4-12-20-26)34(38)32(36(30)40)24-15-7-2-8-16-24/h1-22,39-40H. The average molecular weight is 744 g/mol. The molecule has 6 aromatic carbocycles. The molecule has 0 heterocycles. The summed E-state index contributed by atoms with van der Waals surface area (Å²) in [6.45, 7) is 0. The summed E-state index contributed by atoms with van der Waals surface area (Å²) in [5.74, 6) is 0.199. The van der Waals surface area contributed by atoms with Crippen molar-refractivity contribution < 1.29 is 28.1 Å². The minimum atomic E-state index is -4.63. The topological polar surface area (TPSA) is 93.1 Å². The summed E-state index contributed by atoms with van der Waals surface area (Å²) in [4.78, 5) is -0.921. The highest BCUT2D eigenvalue weighted by atomic mass is 79.9. The Hall–Kier alpha value is -4.57. The second-order valence-electron chi connectivity index (χ2n) is 9.89. The maximum absolute atomic E-state index is 14.6. The molecule has 0 atom stereocenters. The lowest BCUT2D eigenvalue weighted by molar-refractivity contribution is 0.443. The van der Waals surface area contributed by atoms with Crippen LogP contribution in [0.4, 0.5) is 0 Å². The van der Waals surface area contributed by atoms with Gasteiger partial charge in [0, 0.05) is 23.3 Å². The molecule has 6 rings (SSSR count). The highest BCUT2D eigenvalue weighted by molar-refractivity contribution is 9.11. The van der Waals surface area contributed by atoms with E-state index in [1.807, 2.05) is 24.3 Å². The third-order valence-corrected chi connectivity index (χ3v) is 10.3. The molecular formula is C36H24Br2O6S. The second kappa shape index (κ2) is 12.8. The van der Waals surface area contributed by atoms with Crippen molar-refractivity contribution in [1.29, 1.82) is 0 Å². The van der Waals surface area contributed by atoms with E-state index in [4.69, 9.17) is 9.47 Å². The van der Waals surface area contributed by atoms with Crippen LogP contribution in [-0.2, 0) is 9.84 Å². The van der Waals surface area contributed by atoms with E-state index in [1.165, 1.54) is 12.1 Å². The van der Waals surface area contributed by atoms with Gasteiger partial charge in [-0.1, -0.05) is 97.1 Å². The smallest absolute Gasteiger partial charge is 0.214 e. The SMILES string of the molecule is O=S(=O)(c1cc(Oc2ccccc2)c(Br)c(-c2ccccc2)c1O)c1cc(Oc2ccccc2)c(Br)c(-c2ccccc2)c1O. The van der Waals surface area contributed by atoms with E-state index >= 15 is 0 Å². The highest BCUT2D eigenvalue weighted by Gasteiger charge is 2.33. The van der Waals surface area contributed by atoms with Crippen LogP contribution < -0.4 is 9.47 Å². The molecule has 0 radical (unpaired) electrons. The van der Waals surface area contributed by atoms with E-state index in [0.29, 0.717) is 31.6 Å². The zero-order valence-corrected chi connectivity index (χ0v) is 27.4. The van der Waals surface area contributed by atoms with Gasteiger partial charge in [0.25, 0.3) is 0 Å². The molecule has 0 amide bonds. The lowest BCUT2D eigenvalue weighted by Crippen LogP contribution is -2.06. The van der Waals surface area contributed by atoms with E-state index in [9.17, 15) is 18.6 Å². The maximum Gasteiger partial charge on any atom is 0.214 e. The molecule has 45 heavy (non-hydrogen) atoms. The number of phenols is 2. The molecule has 0 spiro atoms. The molecule has 6 nitrogen and oxygen atoms in total. The number of sulfone groups is 1. The number of para-hydroxylation sites is 2. The Labute approximate surface area is 277 Å². The van der Waals surface area contributed by atoms with Crippen molar-refractivity contribution in [2.45, 2.75) is 9.79 Å². The summed E-state index contributed by atoms with van der Waals surface area (Å²) in [5.41, 5.74) is 1.52. The first kappa shape index (κ1) is 30.5. The van der Waals surface area contributed by atoms with Crippen LogP contribution in [0.1, 0.15) is 0 Å². The summed E-state index contributed by atoms with van der Waals surface area (Å²) in [7, 11) is -4.63. The van der Waals surface area contributed by atoms with Crippen molar-refractivity contribution in [2.24, 2.45) is 0 Å². The predicted octanol–water partition coefficient (Wildman–Crippen LogP) is 10.4. The molecule has 0 fully saturated rings. The number of aromatic hydroxyl groups is 2. The summed E-state index contributed by atoms with van der Waals surface area (Å²) >= 11 is 7.09. The third-order valence-electron chi connectivity index (χ3n) is 6.98. The van der Waals surface area contributed by atoms with Crippen LogP contribution >= 0.6 is 31.9 Å². The first-order valence-corrected chi connectivity index (χ1v) is 16.7. The van der Waals surface area contributed by atoms with Gasteiger partial charge in [0.15, 0.2) is 0 Å². The molecule has 6 aromatic rings. The number of benzene rings is 6. The van der Waals surface area contributed by atoms with E-state index < -0.39 is 31.1 Å². The number of hydrogen-bond donors (Lipinski definition) is 2. The monoisotopic (exact) mass is 742 g/mol.